The van der Waals surface area contributed by atoms with Crippen molar-refractivity contribution in [2.75, 3.05) is 27.4 Å². The van der Waals surface area contributed by atoms with Crippen molar-refractivity contribution >= 4 is 0 Å². The molecule has 0 bridgehead atoms. The molecule has 1 fully saturated rings. The van der Waals surface area contributed by atoms with Crippen LogP contribution in [-0.2, 0) is 11.3 Å². The molecule has 1 aromatic heterocycles. The molecule has 140 valence electrons. The van der Waals surface area contributed by atoms with Gasteiger partial charge < -0.3 is 18.8 Å². The third-order valence-electron chi connectivity index (χ3n) is 4.90. The highest BCUT2D eigenvalue weighted by molar-refractivity contribution is 5.39. The third kappa shape index (κ3) is 3.84. The first kappa shape index (κ1) is 17.6. The zero-order valence-corrected chi connectivity index (χ0v) is 15.7. The van der Waals surface area contributed by atoms with Crippen LogP contribution in [0.5, 0.6) is 11.5 Å². The molecule has 5 heteroatoms. The second-order valence-electron chi connectivity index (χ2n) is 6.59. The zero-order chi connectivity index (χ0) is 18.6. The van der Waals surface area contributed by atoms with E-state index in [1.165, 1.54) is 5.56 Å². The maximum Gasteiger partial charge on any atom is 0.138 e. The fourth-order valence-electron chi connectivity index (χ4n) is 3.41. The summed E-state index contributed by atoms with van der Waals surface area (Å²) >= 11 is 0. The van der Waals surface area contributed by atoms with Crippen LogP contribution in [0, 0.1) is 0 Å². The van der Waals surface area contributed by atoms with E-state index in [2.05, 4.69) is 40.1 Å². The Labute approximate surface area is 159 Å². The monoisotopic (exact) mass is 364 g/mol. The summed E-state index contributed by atoms with van der Waals surface area (Å²) in [7, 11) is 3.37. The van der Waals surface area contributed by atoms with Gasteiger partial charge in [-0.25, -0.2) is 0 Å². The van der Waals surface area contributed by atoms with E-state index in [4.69, 9.17) is 14.2 Å². The van der Waals surface area contributed by atoms with Crippen molar-refractivity contribution < 1.29 is 14.2 Å². The molecule has 3 aromatic rings. The van der Waals surface area contributed by atoms with Gasteiger partial charge in [0.1, 0.15) is 17.7 Å². The van der Waals surface area contributed by atoms with E-state index in [1.807, 2.05) is 36.4 Å². The van der Waals surface area contributed by atoms with Gasteiger partial charge in [0.2, 0.25) is 0 Å². The number of ether oxygens (including phenoxy) is 3. The van der Waals surface area contributed by atoms with E-state index in [1.54, 1.807) is 14.2 Å². The van der Waals surface area contributed by atoms with Crippen LogP contribution in [0.2, 0.25) is 0 Å². The molecular formula is C22H24N2O3. The highest BCUT2D eigenvalue weighted by atomic mass is 16.5. The summed E-state index contributed by atoms with van der Waals surface area (Å²) in [6, 6.07) is 18.4. The maximum absolute atomic E-state index is 6.02. The number of nitrogens with zero attached hydrogens (tertiary/aromatic N) is 2. The minimum absolute atomic E-state index is 0.0217. The molecule has 1 atom stereocenters. The molecule has 1 saturated heterocycles. The van der Waals surface area contributed by atoms with Crippen LogP contribution in [0.3, 0.4) is 0 Å². The Balaban J connectivity index is 1.49. The van der Waals surface area contributed by atoms with Gasteiger partial charge in [-0.2, -0.15) is 0 Å². The molecule has 0 aliphatic carbocycles. The molecule has 0 spiro atoms. The smallest absolute Gasteiger partial charge is 0.138 e. The van der Waals surface area contributed by atoms with Gasteiger partial charge in [0.25, 0.3) is 0 Å². The molecule has 0 N–H and O–H groups in total. The standard InChI is InChI=1S/C22H24N2O3/c1-25-20-7-3-17(4-8-20)15-24-13-14-27-22(24)18-11-12-23(16-18)19-5-9-21(26-2)10-6-19/h3-12,16,22H,13-15H2,1-2H3/t22-/m1/s1. The fourth-order valence-corrected chi connectivity index (χ4v) is 3.41. The predicted molar refractivity (Wildman–Crippen MR) is 104 cm³/mol. The van der Waals surface area contributed by atoms with E-state index in [9.17, 15) is 0 Å². The van der Waals surface area contributed by atoms with Crippen LogP contribution in [0.25, 0.3) is 5.69 Å². The number of methoxy groups -OCH3 is 2. The minimum Gasteiger partial charge on any atom is -0.497 e. The van der Waals surface area contributed by atoms with Gasteiger partial charge in [-0.1, -0.05) is 12.1 Å². The Morgan fingerprint density at radius 3 is 2.26 bits per heavy atom. The average molecular weight is 364 g/mol. The summed E-state index contributed by atoms with van der Waals surface area (Å²) in [4.78, 5) is 2.36. The predicted octanol–water partition coefficient (Wildman–Crippen LogP) is 4.03. The SMILES string of the molecule is COc1ccc(CN2CCO[C@@H]2c2ccn(-c3ccc(OC)cc3)c2)cc1. The maximum atomic E-state index is 6.02. The Bertz CT molecular complexity index is 871. The summed E-state index contributed by atoms with van der Waals surface area (Å²) in [6.07, 6.45) is 4.19. The molecule has 2 heterocycles. The molecule has 5 nitrogen and oxygen atoms in total. The summed E-state index contributed by atoms with van der Waals surface area (Å²) < 4.78 is 18.6. The normalized spacial score (nSPS) is 17.2. The van der Waals surface area contributed by atoms with Gasteiger partial charge in [0.05, 0.1) is 20.8 Å². The topological polar surface area (TPSA) is 35.9 Å². The highest BCUT2D eigenvalue weighted by Crippen LogP contribution is 2.30. The Hall–Kier alpha value is -2.76. The minimum atomic E-state index is -0.0217. The molecule has 0 unspecified atom stereocenters. The third-order valence-corrected chi connectivity index (χ3v) is 4.90. The fraction of sp³-hybridized carbons (Fsp3) is 0.273. The number of aromatic nitrogens is 1. The molecule has 27 heavy (non-hydrogen) atoms. The van der Waals surface area contributed by atoms with Crippen LogP contribution in [-0.4, -0.2) is 36.8 Å². The van der Waals surface area contributed by atoms with Crippen LogP contribution in [0.1, 0.15) is 17.4 Å². The summed E-state index contributed by atoms with van der Waals surface area (Å²) in [5.74, 6) is 1.74. The van der Waals surface area contributed by atoms with Crippen molar-refractivity contribution in [3.8, 4) is 17.2 Å². The van der Waals surface area contributed by atoms with Gasteiger partial charge in [-0.05, 0) is 48.0 Å². The second-order valence-corrected chi connectivity index (χ2v) is 6.59. The van der Waals surface area contributed by atoms with Crippen molar-refractivity contribution in [2.24, 2.45) is 0 Å². The lowest BCUT2D eigenvalue weighted by Gasteiger charge is -2.22. The number of hydrogen-bond acceptors (Lipinski definition) is 4. The van der Waals surface area contributed by atoms with Gasteiger partial charge >= 0.3 is 0 Å². The second kappa shape index (κ2) is 7.86. The molecule has 0 radical (unpaired) electrons. The number of benzene rings is 2. The molecule has 1 aliphatic heterocycles. The number of hydrogen-bond donors (Lipinski definition) is 0. The summed E-state index contributed by atoms with van der Waals surface area (Å²) in [5, 5.41) is 0. The lowest BCUT2D eigenvalue weighted by Crippen LogP contribution is -2.23. The van der Waals surface area contributed by atoms with E-state index >= 15 is 0 Å². The van der Waals surface area contributed by atoms with Crippen LogP contribution in [0.4, 0.5) is 0 Å². The Morgan fingerprint density at radius 1 is 0.926 bits per heavy atom. The average Bonchev–Trinajstić information content (AvgIpc) is 3.38. The van der Waals surface area contributed by atoms with Crippen molar-refractivity contribution in [3.63, 3.8) is 0 Å². The lowest BCUT2D eigenvalue weighted by molar-refractivity contribution is 0.0288. The number of rotatable bonds is 6. The molecular weight excluding hydrogens is 340 g/mol. The van der Waals surface area contributed by atoms with Gasteiger partial charge in [-0.15, -0.1) is 0 Å². The largest absolute Gasteiger partial charge is 0.497 e. The quantitative estimate of drug-likeness (QED) is 0.662. The van der Waals surface area contributed by atoms with E-state index in [0.29, 0.717) is 0 Å². The first-order valence-corrected chi connectivity index (χ1v) is 9.08. The Morgan fingerprint density at radius 2 is 1.59 bits per heavy atom. The first-order chi connectivity index (χ1) is 13.3. The molecule has 0 saturated carbocycles. The van der Waals surface area contributed by atoms with Crippen LogP contribution in [0.15, 0.2) is 67.0 Å². The van der Waals surface area contributed by atoms with Crippen molar-refractivity contribution in [3.05, 3.63) is 78.1 Å². The van der Waals surface area contributed by atoms with Gasteiger partial charge in [0.15, 0.2) is 0 Å². The van der Waals surface area contributed by atoms with E-state index < -0.39 is 0 Å². The highest BCUT2D eigenvalue weighted by Gasteiger charge is 2.27. The van der Waals surface area contributed by atoms with Crippen LogP contribution >= 0.6 is 0 Å². The molecule has 2 aromatic carbocycles. The van der Waals surface area contributed by atoms with Crippen molar-refractivity contribution in [1.29, 1.82) is 0 Å². The lowest BCUT2D eigenvalue weighted by atomic mass is 10.2. The van der Waals surface area contributed by atoms with E-state index in [0.717, 1.165) is 42.4 Å². The molecule has 0 amide bonds. The molecule has 4 rings (SSSR count). The van der Waals surface area contributed by atoms with E-state index in [-0.39, 0.29) is 6.23 Å². The van der Waals surface area contributed by atoms with Crippen molar-refractivity contribution in [1.82, 2.24) is 9.47 Å². The zero-order valence-electron chi connectivity index (χ0n) is 15.7. The van der Waals surface area contributed by atoms with Crippen molar-refractivity contribution in [2.45, 2.75) is 12.8 Å². The summed E-state index contributed by atoms with van der Waals surface area (Å²) in [6.45, 7) is 2.52. The molecule has 1 aliphatic rings. The summed E-state index contributed by atoms with van der Waals surface area (Å²) in [5.41, 5.74) is 3.51. The van der Waals surface area contributed by atoms with Gasteiger partial charge in [-0.3, -0.25) is 4.90 Å². The first-order valence-electron chi connectivity index (χ1n) is 9.08. The Kier molecular flexibility index (Phi) is 5.14. The van der Waals surface area contributed by atoms with Crippen LogP contribution < -0.4 is 9.47 Å². The van der Waals surface area contributed by atoms with Gasteiger partial charge in [0, 0.05) is 36.7 Å².